The van der Waals surface area contributed by atoms with E-state index in [0.29, 0.717) is 17.0 Å². The van der Waals surface area contributed by atoms with Crippen molar-refractivity contribution in [3.8, 4) is 11.4 Å². The zero-order valence-corrected chi connectivity index (χ0v) is 15.5. The normalized spacial score (nSPS) is 12.2. The van der Waals surface area contributed by atoms with Gasteiger partial charge in [0.25, 0.3) is 0 Å². The van der Waals surface area contributed by atoms with Crippen LogP contribution in [-0.2, 0) is 24.4 Å². The molecule has 0 amide bonds. The Labute approximate surface area is 165 Å². The van der Waals surface area contributed by atoms with E-state index in [4.69, 9.17) is 16.3 Å². The van der Waals surface area contributed by atoms with Crippen LogP contribution in [0, 0.1) is 5.82 Å². The summed E-state index contributed by atoms with van der Waals surface area (Å²) in [4.78, 5) is 4.53. The molecular formula is C20H15ClFN5O. The molecule has 3 heterocycles. The van der Waals surface area contributed by atoms with Crippen LogP contribution in [0.5, 0.6) is 0 Å². The zero-order valence-electron chi connectivity index (χ0n) is 14.7. The number of ether oxygens (including phenoxy) is 1. The zero-order chi connectivity index (χ0) is 19.1. The van der Waals surface area contributed by atoms with Crippen LogP contribution in [0.4, 0.5) is 4.39 Å². The average Bonchev–Trinajstić information content (AvgIpc) is 3.29. The number of benzene rings is 2. The molecule has 0 spiro atoms. The fourth-order valence-corrected chi connectivity index (χ4v) is 3.59. The van der Waals surface area contributed by atoms with Crippen LogP contribution in [0.1, 0.15) is 22.6 Å². The predicted molar refractivity (Wildman–Crippen MR) is 101 cm³/mol. The van der Waals surface area contributed by atoms with Gasteiger partial charge >= 0.3 is 0 Å². The van der Waals surface area contributed by atoms with Crippen molar-refractivity contribution < 1.29 is 9.13 Å². The summed E-state index contributed by atoms with van der Waals surface area (Å²) in [5.74, 6) is -0.271. The Bertz CT molecular complexity index is 1170. The molecule has 0 saturated heterocycles. The highest BCUT2D eigenvalue weighted by molar-refractivity contribution is 6.30. The maximum absolute atomic E-state index is 13.8. The number of fused-ring (bicyclic) bond motifs is 5. The number of nitrogens with zero attached hydrogens (tertiary/aromatic N) is 5. The molecule has 5 rings (SSSR count). The van der Waals surface area contributed by atoms with Crippen LogP contribution in [0.3, 0.4) is 0 Å². The minimum Gasteiger partial charge on any atom is -0.370 e. The summed E-state index contributed by atoms with van der Waals surface area (Å²) in [5, 5.41) is 8.87. The molecule has 28 heavy (non-hydrogen) atoms. The molecule has 0 atom stereocenters. The van der Waals surface area contributed by atoms with Gasteiger partial charge < -0.3 is 9.30 Å². The molecule has 0 radical (unpaired) electrons. The highest BCUT2D eigenvalue weighted by Gasteiger charge is 2.23. The van der Waals surface area contributed by atoms with Crippen molar-refractivity contribution >= 4 is 11.6 Å². The fourth-order valence-electron chi connectivity index (χ4n) is 3.42. The van der Waals surface area contributed by atoms with Crippen molar-refractivity contribution in [3.05, 3.63) is 88.5 Å². The van der Waals surface area contributed by atoms with Crippen LogP contribution < -0.4 is 0 Å². The van der Waals surface area contributed by atoms with Gasteiger partial charge in [0.2, 0.25) is 0 Å². The lowest BCUT2D eigenvalue weighted by molar-refractivity contribution is 0.102. The molecule has 0 unspecified atom stereocenters. The minimum atomic E-state index is -0.271. The highest BCUT2D eigenvalue weighted by atomic mass is 35.5. The quantitative estimate of drug-likeness (QED) is 0.463. The van der Waals surface area contributed by atoms with Gasteiger partial charge in [-0.15, -0.1) is 5.10 Å². The lowest BCUT2D eigenvalue weighted by atomic mass is 10.2. The van der Waals surface area contributed by atoms with E-state index in [0.717, 1.165) is 28.5 Å². The average molecular weight is 396 g/mol. The lowest BCUT2D eigenvalue weighted by Gasteiger charge is -2.10. The summed E-state index contributed by atoms with van der Waals surface area (Å²) in [6.45, 7) is 0.464. The van der Waals surface area contributed by atoms with Gasteiger partial charge in [0.05, 0.1) is 54.2 Å². The van der Waals surface area contributed by atoms with Crippen molar-refractivity contribution in [2.45, 2.75) is 19.6 Å². The topological polar surface area (TPSA) is 57.8 Å². The Morgan fingerprint density at radius 1 is 1.11 bits per heavy atom. The molecule has 1 aliphatic rings. The monoisotopic (exact) mass is 395 g/mol. The molecule has 1 aliphatic heterocycles. The van der Waals surface area contributed by atoms with E-state index in [1.807, 2.05) is 22.8 Å². The summed E-state index contributed by atoms with van der Waals surface area (Å²) in [6, 6.07) is 12.2. The van der Waals surface area contributed by atoms with Crippen LogP contribution in [0.2, 0.25) is 5.02 Å². The number of hydrogen-bond acceptors (Lipinski definition) is 4. The molecule has 0 saturated carbocycles. The molecule has 2 aromatic heterocycles. The Morgan fingerprint density at radius 2 is 2.00 bits per heavy atom. The van der Waals surface area contributed by atoms with Gasteiger partial charge in [0.1, 0.15) is 5.82 Å². The van der Waals surface area contributed by atoms with E-state index in [2.05, 4.69) is 15.3 Å². The Balaban J connectivity index is 1.48. The van der Waals surface area contributed by atoms with E-state index >= 15 is 0 Å². The van der Waals surface area contributed by atoms with Gasteiger partial charge in [-0.05, 0) is 24.3 Å². The first-order chi connectivity index (χ1) is 13.7. The van der Waals surface area contributed by atoms with E-state index < -0.39 is 0 Å². The van der Waals surface area contributed by atoms with Gasteiger partial charge in [0.15, 0.2) is 0 Å². The number of rotatable bonds is 4. The molecule has 8 heteroatoms. The van der Waals surface area contributed by atoms with Gasteiger partial charge in [-0.1, -0.05) is 35.0 Å². The minimum absolute atomic E-state index is 0.185. The number of aromatic nitrogens is 5. The molecular weight excluding hydrogens is 381 g/mol. The first kappa shape index (κ1) is 17.1. The van der Waals surface area contributed by atoms with E-state index in [1.54, 1.807) is 35.4 Å². The second-order valence-corrected chi connectivity index (χ2v) is 6.98. The molecule has 6 nitrogen and oxygen atoms in total. The van der Waals surface area contributed by atoms with E-state index in [-0.39, 0.29) is 19.0 Å². The third-order valence-corrected chi connectivity index (χ3v) is 5.04. The molecule has 4 aromatic rings. The molecule has 2 aromatic carbocycles. The molecule has 0 aliphatic carbocycles. The Kier molecular flexibility index (Phi) is 4.18. The summed E-state index contributed by atoms with van der Waals surface area (Å²) in [7, 11) is 0. The van der Waals surface area contributed by atoms with Gasteiger partial charge in [-0.25, -0.2) is 14.1 Å². The van der Waals surface area contributed by atoms with Crippen LogP contribution in [0.15, 0.2) is 55.0 Å². The standard InChI is InChI=1S/C20H15ClFN5O/c21-14-5-6-18-20(7-14)27-15(9-24-25-27)8-19-17(23-12-26(18)19)11-28-10-13-3-1-2-4-16(13)22/h1-7,9,12H,8,10-11H2. The summed E-state index contributed by atoms with van der Waals surface area (Å²) < 4.78 is 23.3. The summed E-state index contributed by atoms with van der Waals surface area (Å²) >= 11 is 6.20. The molecule has 0 bridgehead atoms. The first-order valence-corrected chi connectivity index (χ1v) is 9.14. The van der Waals surface area contributed by atoms with E-state index in [1.165, 1.54) is 6.07 Å². The largest absolute Gasteiger partial charge is 0.370 e. The van der Waals surface area contributed by atoms with Gasteiger partial charge in [-0.2, -0.15) is 0 Å². The third-order valence-electron chi connectivity index (χ3n) is 4.80. The second kappa shape index (κ2) is 6.85. The molecule has 0 fully saturated rings. The number of hydrogen-bond donors (Lipinski definition) is 0. The number of imidazole rings is 1. The Morgan fingerprint density at radius 3 is 2.89 bits per heavy atom. The fraction of sp³-hybridized carbons (Fsp3) is 0.150. The van der Waals surface area contributed by atoms with E-state index in [9.17, 15) is 4.39 Å². The maximum Gasteiger partial charge on any atom is 0.128 e. The van der Waals surface area contributed by atoms with Crippen molar-refractivity contribution in [1.82, 2.24) is 24.5 Å². The van der Waals surface area contributed by atoms with Crippen molar-refractivity contribution in [2.75, 3.05) is 0 Å². The maximum atomic E-state index is 13.8. The van der Waals surface area contributed by atoms with Crippen molar-refractivity contribution in [1.29, 1.82) is 0 Å². The number of halogens is 2. The third kappa shape index (κ3) is 2.89. The smallest absolute Gasteiger partial charge is 0.128 e. The van der Waals surface area contributed by atoms with Crippen molar-refractivity contribution in [3.63, 3.8) is 0 Å². The SMILES string of the molecule is Fc1ccccc1COCc1ncn2c1Cc1cnnn1-c1cc(Cl)ccc1-2. The van der Waals surface area contributed by atoms with Crippen LogP contribution in [0.25, 0.3) is 11.4 Å². The predicted octanol–water partition coefficient (Wildman–Crippen LogP) is 3.87. The van der Waals surface area contributed by atoms with Crippen LogP contribution in [-0.4, -0.2) is 24.5 Å². The summed E-state index contributed by atoms with van der Waals surface area (Å²) in [5.41, 5.74) is 4.99. The lowest BCUT2D eigenvalue weighted by Crippen LogP contribution is -2.03. The van der Waals surface area contributed by atoms with Crippen molar-refractivity contribution in [2.24, 2.45) is 0 Å². The molecule has 140 valence electrons. The van der Waals surface area contributed by atoms with Crippen LogP contribution >= 0.6 is 11.6 Å². The summed E-state index contributed by atoms with van der Waals surface area (Å²) in [6.07, 6.45) is 4.10. The van der Waals surface area contributed by atoms with Gasteiger partial charge in [0, 0.05) is 17.0 Å². The highest BCUT2D eigenvalue weighted by Crippen LogP contribution is 2.30. The second-order valence-electron chi connectivity index (χ2n) is 6.54. The first-order valence-electron chi connectivity index (χ1n) is 8.77. The molecule has 0 N–H and O–H groups in total. The Hall–Kier alpha value is -3.03. The van der Waals surface area contributed by atoms with Gasteiger partial charge in [-0.3, -0.25) is 0 Å².